The molecular formula is C11H8FN3S. The second kappa shape index (κ2) is 4.29. The lowest BCUT2D eigenvalue weighted by molar-refractivity contribution is 0.619. The first-order chi connectivity index (χ1) is 7.69. The van der Waals surface area contributed by atoms with Crippen molar-refractivity contribution in [1.29, 1.82) is 5.26 Å². The molecule has 1 aromatic carbocycles. The summed E-state index contributed by atoms with van der Waals surface area (Å²) in [6.45, 7) is 1.70. The van der Waals surface area contributed by atoms with E-state index in [1.165, 1.54) is 23.6 Å². The number of halogens is 1. The maximum Gasteiger partial charge on any atom is 0.188 e. The quantitative estimate of drug-likeness (QED) is 0.866. The van der Waals surface area contributed by atoms with Gasteiger partial charge in [-0.3, -0.25) is 0 Å². The fourth-order valence-electron chi connectivity index (χ4n) is 1.23. The van der Waals surface area contributed by atoms with Gasteiger partial charge in [0.2, 0.25) is 0 Å². The van der Waals surface area contributed by atoms with Gasteiger partial charge in [0, 0.05) is 5.69 Å². The van der Waals surface area contributed by atoms with E-state index in [0.717, 1.165) is 5.69 Å². The molecule has 1 aromatic heterocycles. The predicted molar refractivity (Wildman–Crippen MR) is 61.2 cm³/mol. The van der Waals surface area contributed by atoms with Crippen LogP contribution in [0.15, 0.2) is 24.4 Å². The minimum atomic E-state index is -0.234. The maximum atomic E-state index is 13.0. The molecular weight excluding hydrogens is 225 g/mol. The lowest BCUT2D eigenvalue weighted by atomic mass is 10.2. The molecule has 1 heterocycles. The normalized spacial score (nSPS) is 9.81. The molecule has 0 aliphatic rings. The zero-order valence-electron chi connectivity index (χ0n) is 8.49. The number of hydrogen-bond donors (Lipinski definition) is 1. The van der Waals surface area contributed by atoms with E-state index in [1.807, 2.05) is 6.07 Å². The van der Waals surface area contributed by atoms with Gasteiger partial charge in [-0.05, 0) is 30.7 Å². The summed E-state index contributed by atoms with van der Waals surface area (Å²) in [5, 5.41) is 12.3. The van der Waals surface area contributed by atoms with Crippen molar-refractivity contribution in [3.63, 3.8) is 0 Å². The fourth-order valence-corrected chi connectivity index (χ4v) is 1.86. The van der Waals surface area contributed by atoms with Crippen molar-refractivity contribution in [3.05, 3.63) is 40.7 Å². The van der Waals surface area contributed by atoms with E-state index in [1.54, 1.807) is 19.1 Å². The molecule has 3 nitrogen and oxygen atoms in total. The molecule has 2 rings (SSSR count). The van der Waals surface area contributed by atoms with Gasteiger partial charge >= 0.3 is 0 Å². The molecule has 0 aliphatic heterocycles. The Kier molecular flexibility index (Phi) is 2.84. The Morgan fingerprint density at radius 1 is 1.50 bits per heavy atom. The highest BCUT2D eigenvalue weighted by Crippen LogP contribution is 2.23. The third-order valence-corrected chi connectivity index (χ3v) is 2.84. The second-order valence-electron chi connectivity index (χ2n) is 3.23. The van der Waals surface area contributed by atoms with Crippen LogP contribution in [-0.2, 0) is 0 Å². The van der Waals surface area contributed by atoms with E-state index in [0.29, 0.717) is 15.6 Å². The van der Waals surface area contributed by atoms with Crippen molar-refractivity contribution in [3.8, 4) is 6.07 Å². The second-order valence-corrected chi connectivity index (χ2v) is 4.26. The van der Waals surface area contributed by atoms with E-state index in [4.69, 9.17) is 5.26 Å². The van der Waals surface area contributed by atoms with Crippen molar-refractivity contribution in [1.82, 2.24) is 4.98 Å². The lowest BCUT2D eigenvalue weighted by Gasteiger charge is -2.03. The molecule has 0 spiro atoms. The van der Waals surface area contributed by atoms with Crippen LogP contribution in [0.25, 0.3) is 0 Å². The van der Waals surface area contributed by atoms with Crippen LogP contribution in [0, 0.1) is 24.1 Å². The summed E-state index contributed by atoms with van der Waals surface area (Å²) < 4.78 is 13.0. The third kappa shape index (κ3) is 2.18. The highest BCUT2D eigenvalue weighted by molar-refractivity contribution is 7.16. The number of aromatic nitrogens is 1. The molecule has 16 heavy (non-hydrogen) atoms. The van der Waals surface area contributed by atoms with E-state index in [-0.39, 0.29) is 5.82 Å². The molecule has 2 aromatic rings. The van der Waals surface area contributed by atoms with Crippen LogP contribution in [-0.4, -0.2) is 4.98 Å². The van der Waals surface area contributed by atoms with Gasteiger partial charge in [-0.2, -0.15) is 5.26 Å². The first kappa shape index (κ1) is 10.6. The molecule has 0 aliphatic carbocycles. The largest absolute Gasteiger partial charge is 0.332 e. The molecule has 0 fully saturated rings. The van der Waals surface area contributed by atoms with Crippen LogP contribution in [0.2, 0.25) is 0 Å². The summed E-state index contributed by atoms with van der Waals surface area (Å²) in [5.74, 6) is -0.234. The minimum Gasteiger partial charge on any atom is -0.332 e. The van der Waals surface area contributed by atoms with E-state index in [2.05, 4.69) is 10.3 Å². The smallest absolute Gasteiger partial charge is 0.188 e. The number of nitriles is 1. The van der Waals surface area contributed by atoms with Gasteiger partial charge < -0.3 is 5.32 Å². The summed E-state index contributed by atoms with van der Waals surface area (Å²) in [4.78, 5) is 4.57. The van der Waals surface area contributed by atoms with Crippen LogP contribution in [0.3, 0.4) is 0 Å². The van der Waals surface area contributed by atoms with Crippen LogP contribution < -0.4 is 5.32 Å². The van der Waals surface area contributed by atoms with E-state index in [9.17, 15) is 4.39 Å². The number of nitrogens with one attached hydrogen (secondary N) is 1. The van der Waals surface area contributed by atoms with Crippen molar-refractivity contribution in [2.75, 3.05) is 5.32 Å². The van der Waals surface area contributed by atoms with Crippen molar-refractivity contribution < 1.29 is 4.39 Å². The third-order valence-electron chi connectivity index (χ3n) is 2.03. The zero-order chi connectivity index (χ0) is 11.5. The standard InChI is InChI=1S/C11H8FN3S/c1-7-4-8(2-3-10(7)12)15-11-14-6-9(5-13)16-11/h2-4,6H,1H3,(H,14,15). The first-order valence-corrected chi connectivity index (χ1v) is 5.40. The molecule has 80 valence electrons. The van der Waals surface area contributed by atoms with Gasteiger partial charge in [-0.1, -0.05) is 11.3 Å². The number of anilines is 2. The molecule has 0 amide bonds. The van der Waals surface area contributed by atoms with Gasteiger partial charge in [0.1, 0.15) is 16.8 Å². The molecule has 0 bridgehead atoms. The van der Waals surface area contributed by atoms with Crippen LogP contribution in [0.5, 0.6) is 0 Å². The maximum absolute atomic E-state index is 13.0. The topological polar surface area (TPSA) is 48.7 Å². The number of benzene rings is 1. The zero-order valence-corrected chi connectivity index (χ0v) is 9.31. The Bertz CT molecular complexity index is 557. The average molecular weight is 233 g/mol. The monoisotopic (exact) mass is 233 g/mol. The highest BCUT2D eigenvalue weighted by Gasteiger charge is 2.03. The molecule has 5 heteroatoms. The Morgan fingerprint density at radius 2 is 2.31 bits per heavy atom. The number of thiazole rings is 1. The van der Waals surface area contributed by atoms with Crippen LogP contribution in [0.1, 0.15) is 10.4 Å². The summed E-state index contributed by atoms with van der Waals surface area (Å²) >= 11 is 1.26. The Morgan fingerprint density at radius 3 is 2.94 bits per heavy atom. The van der Waals surface area contributed by atoms with Crippen molar-refractivity contribution >= 4 is 22.2 Å². The van der Waals surface area contributed by atoms with E-state index < -0.39 is 0 Å². The Labute approximate surface area is 96.2 Å². The summed E-state index contributed by atoms with van der Waals surface area (Å²) in [7, 11) is 0. The van der Waals surface area contributed by atoms with Crippen LogP contribution >= 0.6 is 11.3 Å². The van der Waals surface area contributed by atoms with Gasteiger partial charge in [0.25, 0.3) is 0 Å². The van der Waals surface area contributed by atoms with Gasteiger partial charge in [0.15, 0.2) is 5.13 Å². The van der Waals surface area contributed by atoms with Gasteiger partial charge in [0.05, 0.1) is 6.20 Å². The predicted octanol–water partition coefficient (Wildman–Crippen LogP) is 3.21. The number of aryl methyl sites for hydroxylation is 1. The van der Waals surface area contributed by atoms with Crippen molar-refractivity contribution in [2.45, 2.75) is 6.92 Å². The highest BCUT2D eigenvalue weighted by atomic mass is 32.1. The fraction of sp³-hybridized carbons (Fsp3) is 0.0909. The molecule has 0 atom stereocenters. The number of nitrogens with zero attached hydrogens (tertiary/aromatic N) is 2. The Balaban J connectivity index is 2.21. The molecule has 0 unspecified atom stereocenters. The lowest BCUT2D eigenvalue weighted by Crippen LogP contribution is -1.91. The number of hydrogen-bond acceptors (Lipinski definition) is 4. The Hall–Kier alpha value is -1.93. The molecule has 0 saturated carbocycles. The molecule has 0 radical (unpaired) electrons. The summed E-state index contributed by atoms with van der Waals surface area (Å²) in [6.07, 6.45) is 1.50. The molecule has 1 N–H and O–H groups in total. The molecule has 0 saturated heterocycles. The number of rotatable bonds is 2. The summed E-state index contributed by atoms with van der Waals surface area (Å²) in [5.41, 5.74) is 1.33. The minimum absolute atomic E-state index is 0.234. The van der Waals surface area contributed by atoms with Crippen molar-refractivity contribution in [2.24, 2.45) is 0 Å². The first-order valence-electron chi connectivity index (χ1n) is 4.58. The van der Waals surface area contributed by atoms with Gasteiger partial charge in [-0.15, -0.1) is 0 Å². The van der Waals surface area contributed by atoms with Crippen LogP contribution in [0.4, 0.5) is 15.2 Å². The van der Waals surface area contributed by atoms with Gasteiger partial charge in [-0.25, -0.2) is 9.37 Å². The SMILES string of the molecule is Cc1cc(Nc2ncc(C#N)s2)ccc1F. The van der Waals surface area contributed by atoms with E-state index >= 15 is 0 Å². The summed E-state index contributed by atoms with van der Waals surface area (Å²) in [6, 6.07) is 6.74. The average Bonchev–Trinajstić information content (AvgIpc) is 2.71.